The Hall–Kier alpha value is -2.29. The summed E-state index contributed by atoms with van der Waals surface area (Å²) in [4.78, 5) is 14.4. The van der Waals surface area contributed by atoms with Crippen molar-refractivity contribution < 1.29 is 4.79 Å². The molecule has 1 N–H and O–H groups in total. The number of hydrogen-bond acceptors (Lipinski definition) is 2. The second-order valence-electron chi connectivity index (χ2n) is 5.07. The van der Waals surface area contributed by atoms with Crippen molar-refractivity contribution in [1.82, 2.24) is 4.90 Å². The number of nitrogens with one attached hydrogen (secondary N) is 1. The van der Waals surface area contributed by atoms with Crippen LogP contribution in [0.1, 0.15) is 21.5 Å². The van der Waals surface area contributed by atoms with Gasteiger partial charge in [-0.1, -0.05) is 24.3 Å². The third kappa shape index (κ3) is 2.39. The molecule has 20 heavy (non-hydrogen) atoms. The summed E-state index contributed by atoms with van der Waals surface area (Å²) in [6, 6.07) is 16.0. The minimum Gasteiger partial charge on any atom is -0.388 e. The molecule has 0 unspecified atom stereocenters. The third-order valence-electron chi connectivity index (χ3n) is 3.84. The van der Waals surface area contributed by atoms with Crippen LogP contribution >= 0.6 is 0 Å². The Balaban J connectivity index is 1.78. The molecular formula is C17H18N2O. The maximum atomic E-state index is 12.5. The Bertz CT molecular complexity index is 619. The maximum Gasteiger partial charge on any atom is 0.254 e. The van der Waals surface area contributed by atoms with Crippen molar-refractivity contribution in [2.75, 3.05) is 18.9 Å². The molecule has 3 rings (SSSR count). The molecule has 0 aliphatic carbocycles. The van der Waals surface area contributed by atoms with Gasteiger partial charge in [-0.05, 0) is 41.8 Å². The van der Waals surface area contributed by atoms with Gasteiger partial charge in [-0.15, -0.1) is 0 Å². The molecule has 3 heteroatoms. The molecule has 0 bridgehead atoms. The summed E-state index contributed by atoms with van der Waals surface area (Å²) in [5, 5.41) is 3.06. The second kappa shape index (κ2) is 5.37. The second-order valence-corrected chi connectivity index (χ2v) is 5.07. The largest absolute Gasteiger partial charge is 0.388 e. The molecule has 0 spiro atoms. The van der Waals surface area contributed by atoms with E-state index < -0.39 is 0 Å². The predicted octanol–water partition coefficient (Wildman–Crippen LogP) is 2.93. The van der Waals surface area contributed by atoms with Crippen LogP contribution < -0.4 is 5.32 Å². The van der Waals surface area contributed by atoms with Crippen molar-refractivity contribution in [3.05, 3.63) is 65.2 Å². The standard InChI is InChI=1S/C17H18N2O/c1-18-16-8-6-14(7-9-16)17(20)19-11-10-13-4-2-3-5-15(13)12-19/h2-9,18H,10-12H2,1H3. The molecule has 0 aromatic heterocycles. The zero-order valence-electron chi connectivity index (χ0n) is 11.6. The molecular weight excluding hydrogens is 248 g/mol. The zero-order valence-corrected chi connectivity index (χ0v) is 11.6. The number of carbonyl (C=O) groups is 1. The van der Waals surface area contributed by atoms with Crippen molar-refractivity contribution in [3.63, 3.8) is 0 Å². The molecule has 2 aromatic rings. The molecule has 1 heterocycles. The summed E-state index contributed by atoms with van der Waals surface area (Å²) in [5.41, 5.74) is 4.40. The maximum absolute atomic E-state index is 12.5. The van der Waals surface area contributed by atoms with Gasteiger partial charge in [-0.2, -0.15) is 0 Å². The molecule has 1 amide bonds. The summed E-state index contributed by atoms with van der Waals surface area (Å²) < 4.78 is 0. The third-order valence-corrected chi connectivity index (χ3v) is 3.84. The van der Waals surface area contributed by atoms with E-state index >= 15 is 0 Å². The molecule has 0 saturated carbocycles. The lowest BCUT2D eigenvalue weighted by Gasteiger charge is -2.29. The molecule has 0 fully saturated rings. The first-order chi connectivity index (χ1) is 9.78. The quantitative estimate of drug-likeness (QED) is 0.906. The summed E-state index contributed by atoms with van der Waals surface area (Å²) in [7, 11) is 1.87. The van der Waals surface area contributed by atoms with E-state index in [9.17, 15) is 4.79 Å². The fourth-order valence-electron chi connectivity index (χ4n) is 2.63. The topological polar surface area (TPSA) is 32.3 Å². The van der Waals surface area contributed by atoms with Gasteiger partial charge in [0.2, 0.25) is 0 Å². The lowest BCUT2D eigenvalue weighted by atomic mass is 9.99. The normalized spacial score (nSPS) is 13.8. The molecule has 102 valence electrons. The van der Waals surface area contributed by atoms with E-state index in [0.717, 1.165) is 24.2 Å². The molecule has 2 aromatic carbocycles. The Morgan fingerprint density at radius 3 is 2.45 bits per heavy atom. The molecule has 0 radical (unpaired) electrons. The average Bonchev–Trinajstić information content (AvgIpc) is 2.54. The number of carbonyl (C=O) groups excluding carboxylic acids is 1. The molecule has 3 nitrogen and oxygen atoms in total. The highest BCUT2D eigenvalue weighted by atomic mass is 16.2. The summed E-state index contributed by atoms with van der Waals surface area (Å²) in [6.45, 7) is 1.51. The molecule has 0 atom stereocenters. The van der Waals surface area contributed by atoms with Crippen molar-refractivity contribution in [1.29, 1.82) is 0 Å². The Morgan fingerprint density at radius 2 is 1.75 bits per heavy atom. The van der Waals surface area contributed by atoms with Crippen molar-refractivity contribution >= 4 is 11.6 Å². The van der Waals surface area contributed by atoms with Crippen molar-refractivity contribution in [3.8, 4) is 0 Å². The number of nitrogens with zero attached hydrogens (tertiary/aromatic N) is 1. The smallest absolute Gasteiger partial charge is 0.254 e. The average molecular weight is 266 g/mol. The SMILES string of the molecule is CNc1ccc(C(=O)N2CCc3ccccc3C2)cc1. The lowest BCUT2D eigenvalue weighted by Crippen LogP contribution is -2.35. The van der Waals surface area contributed by atoms with E-state index in [4.69, 9.17) is 0 Å². The first kappa shape index (κ1) is 12.7. The van der Waals surface area contributed by atoms with Gasteiger partial charge < -0.3 is 10.2 Å². The van der Waals surface area contributed by atoms with Crippen LogP contribution in [0, 0.1) is 0 Å². The monoisotopic (exact) mass is 266 g/mol. The van der Waals surface area contributed by atoms with Gasteiger partial charge >= 0.3 is 0 Å². The van der Waals surface area contributed by atoms with Gasteiger partial charge in [-0.25, -0.2) is 0 Å². The molecule has 1 aliphatic rings. The number of hydrogen-bond donors (Lipinski definition) is 1. The van der Waals surface area contributed by atoms with E-state index in [-0.39, 0.29) is 5.91 Å². The highest BCUT2D eigenvalue weighted by Crippen LogP contribution is 2.20. The van der Waals surface area contributed by atoms with E-state index in [1.165, 1.54) is 11.1 Å². The van der Waals surface area contributed by atoms with Gasteiger partial charge in [0.15, 0.2) is 0 Å². The van der Waals surface area contributed by atoms with Gasteiger partial charge in [0.1, 0.15) is 0 Å². The highest BCUT2D eigenvalue weighted by molar-refractivity contribution is 5.94. The minimum absolute atomic E-state index is 0.113. The summed E-state index contributed by atoms with van der Waals surface area (Å²) in [5.74, 6) is 0.113. The number of amides is 1. The van der Waals surface area contributed by atoms with Crippen LogP contribution in [-0.2, 0) is 13.0 Å². The zero-order chi connectivity index (χ0) is 13.9. The molecule has 1 aliphatic heterocycles. The van der Waals surface area contributed by atoms with E-state index in [2.05, 4.69) is 23.5 Å². The fourth-order valence-corrected chi connectivity index (χ4v) is 2.63. The number of fused-ring (bicyclic) bond motifs is 1. The van der Waals surface area contributed by atoms with Crippen LogP contribution in [-0.4, -0.2) is 24.4 Å². The highest BCUT2D eigenvalue weighted by Gasteiger charge is 2.21. The summed E-state index contributed by atoms with van der Waals surface area (Å²) >= 11 is 0. The van der Waals surface area contributed by atoms with Gasteiger partial charge in [-0.3, -0.25) is 4.79 Å². The number of benzene rings is 2. The predicted molar refractivity (Wildman–Crippen MR) is 80.9 cm³/mol. The Kier molecular flexibility index (Phi) is 3.42. The minimum atomic E-state index is 0.113. The molecule has 0 saturated heterocycles. The van der Waals surface area contributed by atoms with Crippen molar-refractivity contribution in [2.24, 2.45) is 0 Å². The van der Waals surface area contributed by atoms with Crippen LogP contribution in [0.5, 0.6) is 0 Å². The summed E-state index contributed by atoms with van der Waals surface area (Å²) in [6.07, 6.45) is 0.941. The van der Waals surface area contributed by atoms with Gasteiger partial charge in [0.25, 0.3) is 5.91 Å². The van der Waals surface area contributed by atoms with Crippen LogP contribution in [0.3, 0.4) is 0 Å². The van der Waals surface area contributed by atoms with E-state index in [0.29, 0.717) is 6.54 Å². The van der Waals surface area contributed by atoms with Crippen LogP contribution in [0.25, 0.3) is 0 Å². The van der Waals surface area contributed by atoms with Gasteiger partial charge in [0, 0.05) is 31.4 Å². The van der Waals surface area contributed by atoms with E-state index in [1.807, 2.05) is 42.3 Å². The van der Waals surface area contributed by atoms with Gasteiger partial charge in [0.05, 0.1) is 0 Å². The van der Waals surface area contributed by atoms with Crippen LogP contribution in [0.4, 0.5) is 5.69 Å². The fraction of sp³-hybridized carbons (Fsp3) is 0.235. The lowest BCUT2D eigenvalue weighted by molar-refractivity contribution is 0.0735. The first-order valence-corrected chi connectivity index (χ1v) is 6.92. The van der Waals surface area contributed by atoms with Crippen molar-refractivity contribution in [2.45, 2.75) is 13.0 Å². The van der Waals surface area contributed by atoms with E-state index in [1.54, 1.807) is 0 Å². The number of anilines is 1. The van der Waals surface area contributed by atoms with Crippen LogP contribution in [0.2, 0.25) is 0 Å². The Labute approximate surface area is 119 Å². The first-order valence-electron chi connectivity index (χ1n) is 6.92. The number of rotatable bonds is 2. The van der Waals surface area contributed by atoms with Crippen LogP contribution in [0.15, 0.2) is 48.5 Å². The Morgan fingerprint density at radius 1 is 1.05 bits per heavy atom.